The van der Waals surface area contributed by atoms with Crippen LogP contribution in [0, 0.1) is 0 Å². The Labute approximate surface area is 194 Å². The monoisotopic (exact) mass is 464 g/mol. The molecule has 2 aromatic carbocycles. The summed E-state index contributed by atoms with van der Waals surface area (Å²) in [7, 11) is 4.02. The Balaban J connectivity index is 1.97. The molecule has 0 atom stereocenters. The Morgan fingerprint density at radius 2 is 1.61 bits per heavy atom. The second kappa shape index (κ2) is 12.7. The van der Waals surface area contributed by atoms with Crippen LogP contribution >= 0.6 is 23.2 Å². The molecular formula is C24H30Cl2N2O3. The van der Waals surface area contributed by atoms with Gasteiger partial charge >= 0.3 is 0 Å². The van der Waals surface area contributed by atoms with Gasteiger partial charge in [-0.2, -0.15) is 0 Å². The summed E-state index contributed by atoms with van der Waals surface area (Å²) in [5, 5.41) is 0.965. The summed E-state index contributed by atoms with van der Waals surface area (Å²) in [5.41, 5.74) is 1.99. The summed E-state index contributed by atoms with van der Waals surface area (Å²) in [6.45, 7) is 3.48. The number of ketones is 1. The smallest absolute Gasteiger partial charge is 0.260 e. The first-order chi connectivity index (χ1) is 14.7. The van der Waals surface area contributed by atoms with E-state index in [4.69, 9.17) is 27.9 Å². The average molecular weight is 465 g/mol. The first-order valence-electron chi connectivity index (χ1n) is 10.3. The van der Waals surface area contributed by atoms with E-state index in [0.29, 0.717) is 41.7 Å². The molecule has 0 bridgehead atoms. The predicted molar refractivity (Wildman–Crippen MR) is 126 cm³/mol. The maximum absolute atomic E-state index is 12.9. The molecule has 0 saturated carbocycles. The van der Waals surface area contributed by atoms with Gasteiger partial charge in [0, 0.05) is 19.5 Å². The maximum atomic E-state index is 12.9. The van der Waals surface area contributed by atoms with E-state index in [1.165, 1.54) is 0 Å². The highest BCUT2D eigenvalue weighted by molar-refractivity contribution is 6.42. The van der Waals surface area contributed by atoms with Gasteiger partial charge in [-0.1, -0.05) is 41.4 Å². The first-order valence-corrected chi connectivity index (χ1v) is 11.1. The van der Waals surface area contributed by atoms with Crippen molar-refractivity contribution in [2.45, 2.75) is 32.7 Å². The van der Waals surface area contributed by atoms with E-state index in [1.807, 2.05) is 44.4 Å². The SMILES string of the molecule is CC(=O)CCc1ccc(OCC(=O)N(CCCN(C)C)Cc2ccc(Cl)c(Cl)c2)cc1. The molecule has 0 saturated heterocycles. The minimum absolute atomic E-state index is 0.0456. The van der Waals surface area contributed by atoms with Gasteiger partial charge in [0.1, 0.15) is 11.5 Å². The molecule has 0 unspecified atom stereocenters. The Morgan fingerprint density at radius 3 is 2.23 bits per heavy atom. The molecule has 0 fully saturated rings. The number of benzene rings is 2. The van der Waals surface area contributed by atoms with E-state index in [9.17, 15) is 9.59 Å². The van der Waals surface area contributed by atoms with Crippen molar-refractivity contribution in [3.8, 4) is 5.75 Å². The Hall–Kier alpha value is -2.08. The third kappa shape index (κ3) is 9.30. The second-order valence-electron chi connectivity index (χ2n) is 7.86. The van der Waals surface area contributed by atoms with Crippen LogP contribution in [0.5, 0.6) is 5.75 Å². The minimum atomic E-state index is -0.0921. The zero-order valence-corrected chi connectivity index (χ0v) is 19.9. The van der Waals surface area contributed by atoms with Crippen LogP contribution in [0.25, 0.3) is 0 Å². The quantitative estimate of drug-likeness (QED) is 0.449. The van der Waals surface area contributed by atoms with Crippen LogP contribution in [0.4, 0.5) is 0 Å². The molecule has 0 aliphatic carbocycles. The highest BCUT2D eigenvalue weighted by atomic mass is 35.5. The summed E-state index contributed by atoms with van der Waals surface area (Å²) in [6.07, 6.45) is 2.08. The third-order valence-corrected chi connectivity index (χ3v) is 5.53. The van der Waals surface area contributed by atoms with Gasteiger partial charge in [0.2, 0.25) is 0 Å². The minimum Gasteiger partial charge on any atom is -0.484 e. The topological polar surface area (TPSA) is 49.9 Å². The number of hydrogen-bond donors (Lipinski definition) is 0. The maximum Gasteiger partial charge on any atom is 0.260 e. The molecule has 0 aromatic heterocycles. The van der Waals surface area contributed by atoms with E-state index in [1.54, 1.807) is 24.0 Å². The van der Waals surface area contributed by atoms with E-state index < -0.39 is 0 Å². The van der Waals surface area contributed by atoms with Gasteiger partial charge < -0.3 is 19.3 Å². The van der Waals surface area contributed by atoms with Crippen molar-refractivity contribution in [3.63, 3.8) is 0 Å². The van der Waals surface area contributed by atoms with Crippen LogP contribution in [-0.2, 0) is 22.6 Å². The lowest BCUT2D eigenvalue weighted by Gasteiger charge is -2.24. The van der Waals surface area contributed by atoms with Crippen LogP contribution in [0.3, 0.4) is 0 Å². The van der Waals surface area contributed by atoms with Gasteiger partial charge in [0.05, 0.1) is 10.0 Å². The van der Waals surface area contributed by atoms with Crippen LogP contribution < -0.4 is 4.74 Å². The molecule has 0 spiro atoms. The lowest BCUT2D eigenvalue weighted by Crippen LogP contribution is -2.36. The second-order valence-corrected chi connectivity index (χ2v) is 8.67. The molecular weight excluding hydrogens is 435 g/mol. The van der Waals surface area contributed by atoms with Gasteiger partial charge in [-0.05, 0) is 75.8 Å². The highest BCUT2D eigenvalue weighted by Crippen LogP contribution is 2.23. The van der Waals surface area contributed by atoms with Crippen LogP contribution in [0.15, 0.2) is 42.5 Å². The number of carbonyl (C=O) groups excluding carboxylic acids is 2. The largest absolute Gasteiger partial charge is 0.484 e. The predicted octanol–water partition coefficient (Wildman–Crippen LogP) is 4.87. The number of halogens is 2. The molecule has 31 heavy (non-hydrogen) atoms. The van der Waals surface area contributed by atoms with Gasteiger partial charge in [-0.3, -0.25) is 4.79 Å². The van der Waals surface area contributed by atoms with E-state index in [-0.39, 0.29) is 18.3 Å². The summed E-state index contributed by atoms with van der Waals surface area (Å²) in [5.74, 6) is 0.704. The zero-order valence-electron chi connectivity index (χ0n) is 18.4. The van der Waals surface area contributed by atoms with Gasteiger partial charge in [-0.15, -0.1) is 0 Å². The molecule has 7 heteroatoms. The normalized spacial score (nSPS) is 10.9. The molecule has 2 aromatic rings. The number of rotatable bonds is 12. The van der Waals surface area contributed by atoms with Crippen LogP contribution in [-0.4, -0.2) is 55.3 Å². The summed E-state index contributed by atoms with van der Waals surface area (Å²) in [4.78, 5) is 27.9. The van der Waals surface area contributed by atoms with Gasteiger partial charge in [0.25, 0.3) is 5.91 Å². The van der Waals surface area contributed by atoms with Crippen molar-refractivity contribution in [2.24, 2.45) is 0 Å². The molecule has 0 heterocycles. The zero-order chi connectivity index (χ0) is 22.8. The van der Waals surface area contributed by atoms with Crippen molar-refractivity contribution in [1.29, 1.82) is 0 Å². The standard InChI is InChI=1S/C24H30Cl2N2O3/c1-18(29)5-6-19-7-10-21(11-8-19)31-17-24(30)28(14-4-13-27(2)3)16-20-9-12-22(25)23(26)15-20/h7-12,15H,4-6,13-14,16-17H2,1-3H3. The number of aryl methyl sites for hydroxylation is 1. The van der Waals surface area contributed by atoms with Gasteiger partial charge in [-0.25, -0.2) is 0 Å². The van der Waals surface area contributed by atoms with E-state index in [0.717, 1.165) is 24.1 Å². The Kier molecular flexibility index (Phi) is 10.3. The van der Waals surface area contributed by atoms with E-state index >= 15 is 0 Å². The average Bonchev–Trinajstić information content (AvgIpc) is 2.72. The summed E-state index contributed by atoms with van der Waals surface area (Å²) >= 11 is 12.1. The number of carbonyl (C=O) groups is 2. The third-order valence-electron chi connectivity index (χ3n) is 4.79. The lowest BCUT2D eigenvalue weighted by molar-refractivity contribution is -0.134. The molecule has 0 aliphatic heterocycles. The number of hydrogen-bond acceptors (Lipinski definition) is 4. The Morgan fingerprint density at radius 1 is 0.935 bits per heavy atom. The fourth-order valence-electron chi connectivity index (χ4n) is 3.04. The van der Waals surface area contributed by atoms with Crippen LogP contribution in [0.1, 0.15) is 30.9 Å². The van der Waals surface area contributed by atoms with Crippen LogP contribution in [0.2, 0.25) is 10.0 Å². The van der Waals surface area contributed by atoms with Crippen molar-refractivity contribution in [1.82, 2.24) is 9.80 Å². The number of nitrogens with zero attached hydrogens (tertiary/aromatic N) is 2. The van der Waals surface area contributed by atoms with Crippen molar-refractivity contribution < 1.29 is 14.3 Å². The number of amides is 1. The fraction of sp³-hybridized carbons (Fsp3) is 0.417. The molecule has 5 nitrogen and oxygen atoms in total. The van der Waals surface area contributed by atoms with E-state index in [2.05, 4.69) is 4.90 Å². The lowest BCUT2D eigenvalue weighted by atomic mass is 10.1. The molecule has 0 N–H and O–H groups in total. The number of Topliss-reactive ketones (excluding diaryl/α,β-unsaturated/α-hetero) is 1. The molecule has 168 valence electrons. The molecule has 2 rings (SSSR count). The molecule has 0 aliphatic rings. The first kappa shape index (κ1) is 25.2. The Bertz CT molecular complexity index is 870. The molecule has 1 amide bonds. The highest BCUT2D eigenvalue weighted by Gasteiger charge is 2.16. The van der Waals surface area contributed by atoms with Gasteiger partial charge in [0.15, 0.2) is 6.61 Å². The van der Waals surface area contributed by atoms with Crippen molar-refractivity contribution in [3.05, 3.63) is 63.6 Å². The van der Waals surface area contributed by atoms with Crippen molar-refractivity contribution >= 4 is 34.9 Å². The fourth-order valence-corrected chi connectivity index (χ4v) is 3.36. The number of ether oxygens (including phenoxy) is 1. The van der Waals surface area contributed by atoms with Crippen molar-refractivity contribution in [2.75, 3.05) is 33.8 Å². The summed E-state index contributed by atoms with van der Waals surface area (Å²) in [6, 6.07) is 12.9. The molecule has 0 radical (unpaired) electrons. The summed E-state index contributed by atoms with van der Waals surface area (Å²) < 4.78 is 5.72.